The highest BCUT2D eigenvalue weighted by atomic mass is 16.5. The van der Waals surface area contributed by atoms with E-state index in [9.17, 15) is 0 Å². The molecule has 12 heavy (non-hydrogen) atoms. The van der Waals surface area contributed by atoms with Crippen molar-refractivity contribution in [1.82, 2.24) is 9.78 Å². The molecule has 1 aliphatic rings. The van der Waals surface area contributed by atoms with E-state index in [1.165, 1.54) is 18.4 Å². The third kappa shape index (κ3) is 1.67. The van der Waals surface area contributed by atoms with Crippen molar-refractivity contribution in [2.24, 2.45) is 0 Å². The number of aryl methyl sites for hydroxylation is 1. The Labute approximate surface area is 72.3 Å². The molecule has 0 N–H and O–H groups in total. The smallest absolute Gasteiger partial charge is 0.0771 e. The Kier molecular flexibility index (Phi) is 2.13. The zero-order valence-electron chi connectivity index (χ0n) is 7.36. The Hall–Kier alpha value is -0.830. The molecule has 1 atom stereocenters. The molecular formula is C9H14N2O. The first-order chi connectivity index (χ1) is 5.84. The largest absolute Gasteiger partial charge is 0.376 e. The van der Waals surface area contributed by atoms with Crippen LogP contribution in [0.2, 0.25) is 0 Å². The first-order valence-corrected chi connectivity index (χ1v) is 4.45. The summed E-state index contributed by atoms with van der Waals surface area (Å²) in [5.41, 5.74) is 1.22. The van der Waals surface area contributed by atoms with Gasteiger partial charge in [0.25, 0.3) is 0 Å². The van der Waals surface area contributed by atoms with Crippen LogP contribution in [0.25, 0.3) is 0 Å². The molecule has 3 heteroatoms. The summed E-state index contributed by atoms with van der Waals surface area (Å²) in [5, 5.41) is 4.22. The first-order valence-electron chi connectivity index (χ1n) is 4.45. The van der Waals surface area contributed by atoms with Gasteiger partial charge in [-0.3, -0.25) is 4.68 Å². The van der Waals surface area contributed by atoms with Crippen LogP contribution in [0.15, 0.2) is 12.4 Å². The fourth-order valence-electron chi connectivity index (χ4n) is 1.56. The molecule has 2 rings (SSSR count). The molecule has 0 aromatic carbocycles. The van der Waals surface area contributed by atoms with Crippen LogP contribution < -0.4 is 0 Å². The van der Waals surface area contributed by atoms with Crippen molar-refractivity contribution in [2.75, 3.05) is 6.61 Å². The zero-order valence-corrected chi connectivity index (χ0v) is 7.36. The molecule has 1 aromatic rings. The Bertz CT molecular complexity index is 251. The number of hydrogen-bond donors (Lipinski definition) is 0. The topological polar surface area (TPSA) is 27.1 Å². The Morgan fingerprint density at radius 2 is 2.67 bits per heavy atom. The monoisotopic (exact) mass is 166 g/mol. The lowest BCUT2D eigenvalue weighted by Gasteiger charge is -2.08. The number of aromatic nitrogens is 2. The first kappa shape index (κ1) is 7.80. The summed E-state index contributed by atoms with van der Waals surface area (Å²) in [6.07, 6.45) is 6.71. The Balaban J connectivity index is 1.94. The summed E-state index contributed by atoms with van der Waals surface area (Å²) >= 11 is 0. The summed E-state index contributed by atoms with van der Waals surface area (Å²) in [6.45, 7) is 3.89. The van der Waals surface area contributed by atoms with E-state index >= 15 is 0 Å². The highest BCUT2D eigenvalue weighted by Crippen LogP contribution is 2.13. The van der Waals surface area contributed by atoms with Gasteiger partial charge in [0.2, 0.25) is 0 Å². The Morgan fingerprint density at radius 1 is 1.75 bits per heavy atom. The molecule has 1 aromatic heterocycles. The third-order valence-electron chi connectivity index (χ3n) is 2.18. The fraction of sp³-hybridized carbons (Fsp3) is 0.667. The van der Waals surface area contributed by atoms with Gasteiger partial charge < -0.3 is 4.74 Å². The van der Waals surface area contributed by atoms with Gasteiger partial charge in [0, 0.05) is 12.8 Å². The number of nitrogens with zero attached hydrogens (tertiary/aromatic N) is 2. The zero-order chi connectivity index (χ0) is 8.39. The van der Waals surface area contributed by atoms with Crippen molar-refractivity contribution < 1.29 is 4.74 Å². The molecule has 1 aliphatic heterocycles. The van der Waals surface area contributed by atoms with Crippen molar-refractivity contribution in [3.63, 3.8) is 0 Å². The van der Waals surface area contributed by atoms with Crippen LogP contribution in [0, 0.1) is 6.92 Å². The molecule has 1 saturated heterocycles. The van der Waals surface area contributed by atoms with Crippen LogP contribution in [0.4, 0.5) is 0 Å². The SMILES string of the molecule is Cc1cnn(C[C@@H]2CCCO2)c1. The van der Waals surface area contributed by atoms with Gasteiger partial charge in [-0.25, -0.2) is 0 Å². The molecule has 0 amide bonds. The summed E-state index contributed by atoms with van der Waals surface area (Å²) in [6, 6.07) is 0. The second-order valence-electron chi connectivity index (χ2n) is 3.37. The summed E-state index contributed by atoms with van der Waals surface area (Å²) in [7, 11) is 0. The molecule has 0 spiro atoms. The predicted molar refractivity (Wildman–Crippen MR) is 45.9 cm³/mol. The number of ether oxygens (including phenoxy) is 1. The van der Waals surface area contributed by atoms with E-state index in [1.54, 1.807) is 0 Å². The molecule has 66 valence electrons. The molecule has 0 bridgehead atoms. The van der Waals surface area contributed by atoms with Crippen molar-refractivity contribution in [2.45, 2.75) is 32.4 Å². The maximum Gasteiger partial charge on any atom is 0.0771 e. The van der Waals surface area contributed by atoms with Crippen molar-refractivity contribution in [3.05, 3.63) is 18.0 Å². The summed E-state index contributed by atoms with van der Waals surface area (Å²) in [4.78, 5) is 0. The second kappa shape index (κ2) is 3.27. The van der Waals surface area contributed by atoms with Crippen molar-refractivity contribution in [3.8, 4) is 0 Å². The van der Waals surface area contributed by atoms with Crippen LogP contribution in [-0.2, 0) is 11.3 Å². The van der Waals surface area contributed by atoms with Crippen LogP contribution in [0.3, 0.4) is 0 Å². The van der Waals surface area contributed by atoms with Crippen LogP contribution in [0.5, 0.6) is 0 Å². The molecular weight excluding hydrogens is 152 g/mol. The lowest BCUT2D eigenvalue weighted by molar-refractivity contribution is 0.0940. The van der Waals surface area contributed by atoms with Gasteiger partial charge in [-0.15, -0.1) is 0 Å². The van der Waals surface area contributed by atoms with E-state index in [1.807, 2.05) is 10.9 Å². The molecule has 0 unspecified atom stereocenters. The minimum absolute atomic E-state index is 0.393. The highest BCUT2D eigenvalue weighted by Gasteiger charge is 2.15. The van der Waals surface area contributed by atoms with E-state index in [0.717, 1.165) is 13.2 Å². The molecule has 0 saturated carbocycles. The van der Waals surface area contributed by atoms with E-state index < -0.39 is 0 Å². The van der Waals surface area contributed by atoms with Gasteiger partial charge >= 0.3 is 0 Å². The lowest BCUT2D eigenvalue weighted by atomic mass is 10.2. The molecule has 2 heterocycles. The predicted octanol–water partition coefficient (Wildman–Crippen LogP) is 1.37. The summed E-state index contributed by atoms with van der Waals surface area (Å²) < 4.78 is 7.47. The molecule has 0 radical (unpaired) electrons. The average molecular weight is 166 g/mol. The average Bonchev–Trinajstić information content (AvgIpc) is 2.63. The maximum atomic E-state index is 5.51. The van der Waals surface area contributed by atoms with Crippen LogP contribution >= 0.6 is 0 Å². The van der Waals surface area contributed by atoms with Crippen molar-refractivity contribution in [1.29, 1.82) is 0 Å². The highest BCUT2D eigenvalue weighted by molar-refractivity contribution is 4.99. The Morgan fingerprint density at radius 3 is 3.25 bits per heavy atom. The van der Waals surface area contributed by atoms with E-state index in [2.05, 4.69) is 18.2 Å². The summed E-state index contributed by atoms with van der Waals surface area (Å²) in [5.74, 6) is 0. The lowest BCUT2D eigenvalue weighted by Crippen LogP contribution is -2.14. The third-order valence-corrected chi connectivity index (χ3v) is 2.18. The standard InChI is InChI=1S/C9H14N2O/c1-8-5-10-11(6-8)7-9-3-2-4-12-9/h5-6,9H,2-4,7H2,1H3/t9-/m0/s1. The van der Waals surface area contributed by atoms with Crippen molar-refractivity contribution >= 4 is 0 Å². The van der Waals surface area contributed by atoms with Gasteiger partial charge in [-0.2, -0.15) is 5.10 Å². The molecule has 1 fully saturated rings. The number of rotatable bonds is 2. The van der Waals surface area contributed by atoms with E-state index in [0.29, 0.717) is 6.10 Å². The van der Waals surface area contributed by atoms with Gasteiger partial charge in [0.15, 0.2) is 0 Å². The molecule has 3 nitrogen and oxygen atoms in total. The normalized spacial score (nSPS) is 23.2. The van der Waals surface area contributed by atoms with Gasteiger partial charge in [0.1, 0.15) is 0 Å². The van der Waals surface area contributed by atoms with Gasteiger partial charge in [0.05, 0.1) is 18.8 Å². The van der Waals surface area contributed by atoms with Gasteiger partial charge in [-0.05, 0) is 25.3 Å². The quantitative estimate of drug-likeness (QED) is 0.663. The number of hydrogen-bond acceptors (Lipinski definition) is 2. The minimum Gasteiger partial charge on any atom is -0.376 e. The van der Waals surface area contributed by atoms with E-state index in [4.69, 9.17) is 4.74 Å². The fourth-order valence-corrected chi connectivity index (χ4v) is 1.56. The van der Waals surface area contributed by atoms with Crippen LogP contribution in [-0.4, -0.2) is 22.5 Å². The van der Waals surface area contributed by atoms with Gasteiger partial charge in [-0.1, -0.05) is 0 Å². The second-order valence-corrected chi connectivity index (χ2v) is 3.37. The van der Waals surface area contributed by atoms with Crippen LogP contribution in [0.1, 0.15) is 18.4 Å². The minimum atomic E-state index is 0.393. The maximum absolute atomic E-state index is 5.51. The molecule has 0 aliphatic carbocycles. The van der Waals surface area contributed by atoms with E-state index in [-0.39, 0.29) is 0 Å².